The molecule has 152 valence electrons. The molecule has 8 heteroatoms. The number of methoxy groups -OCH3 is 1. The Morgan fingerprint density at radius 3 is 2.57 bits per heavy atom. The standard InChI is InChI=1S/C20H28N4O4/c1-28-10-9-21-19(26)16-11-18(25)24(12-16)17-13-23(14-17)20(27)22-8-7-15-5-3-2-4-6-15/h2-6,16-17H,7-14H2,1H3,(H,21,26)(H,22,27). The largest absolute Gasteiger partial charge is 0.383 e. The molecular formula is C20H28N4O4. The van der Waals surface area contributed by atoms with Crippen molar-refractivity contribution in [2.24, 2.45) is 5.92 Å². The number of rotatable bonds is 8. The van der Waals surface area contributed by atoms with Crippen molar-refractivity contribution in [3.8, 4) is 0 Å². The first-order chi connectivity index (χ1) is 13.6. The Morgan fingerprint density at radius 2 is 1.86 bits per heavy atom. The molecular weight excluding hydrogens is 360 g/mol. The van der Waals surface area contributed by atoms with Gasteiger partial charge in [0.1, 0.15) is 0 Å². The second kappa shape index (κ2) is 9.54. The van der Waals surface area contributed by atoms with Crippen molar-refractivity contribution in [1.82, 2.24) is 20.4 Å². The maximum absolute atomic E-state index is 12.3. The molecule has 1 aromatic rings. The molecule has 0 radical (unpaired) electrons. The highest BCUT2D eigenvalue weighted by Gasteiger charge is 2.43. The Morgan fingerprint density at radius 1 is 1.11 bits per heavy atom. The van der Waals surface area contributed by atoms with Crippen LogP contribution in [0.5, 0.6) is 0 Å². The Hall–Kier alpha value is -2.61. The lowest BCUT2D eigenvalue weighted by Gasteiger charge is -2.43. The number of hydrogen-bond acceptors (Lipinski definition) is 4. The zero-order chi connectivity index (χ0) is 19.9. The molecule has 0 spiro atoms. The van der Waals surface area contributed by atoms with E-state index in [2.05, 4.69) is 10.6 Å². The monoisotopic (exact) mass is 388 g/mol. The van der Waals surface area contributed by atoms with E-state index in [4.69, 9.17) is 4.74 Å². The summed E-state index contributed by atoms with van der Waals surface area (Å²) in [5.74, 6) is -0.443. The van der Waals surface area contributed by atoms with Crippen LogP contribution in [0, 0.1) is 5.92 Å². The van der Waals surface area contributed by atoms with E-state index in [0.717, 1.165) is 6.42 Å². The second-order valence-corrected chi connectivity index (χ2v) is 7.26. The van der Waals surface area contributed by atoms with Gasteiger partial charge in [0.2, 0.25) is 11.8 Å². The molecule has 0 bridgehead atoms. The quantitative estimate of drug-likeness (QED) is 0.624. The Bertz CT molecular complexity index is 691. The summed E-state index contributed by atoms with van der Waals surface area (Å²) in [7, 11) is 1.58. The minimum atomic E-state index is -0.321. The van der Waals surface area contributed by atoms with E-state index >= 15 is 0 Å². The fourth-order valence-corrected chi connectivity index (χ4v) is 3.57. The third-order valence-corrected chi connectivity index (χ3v) is 5.26. The molecule has 2 aliphatic heterocycles. The van der Waals surface area contributed by atoms with E-state index in [0.29, 0.717) is 39.3 Å². The molecule has 1 atom stereocenters. The lowest BCUT2D eigenvalue weighted by Crippen LogP contribution is -2.63. The number of carbonyl (C=O) groups is 3. The van der Waals surface area contributed by atoms with Gasteiger partial charge in [-0.05, 0) is 12.0 Å². The van der Waals surface area contributed by atoms with Crippen LogP contribution in [0.3, 0.4) is 0 Å². The number of carbonyl (C=O) groups excluding carboxylic acids is 3. The Kier molecular flexibility index (Phi) is 6.86. The van der Waals surface area contributed by atoms with E-state index in [1.807, 2.05) is 30.3 Å². The highest BCUT2D eigenvalue weighted by molar-refractivity contribution is 5.89. The van der Waals surface area contributed by atoms with Crippen LogP contribution in [0.25, 0.3) is 0 Å². The summed E-state index contributed by atoms with van der Waals surface area (Å²) in [6.45, 7) is 2.93. The van der Waals surface area contributed by atoms with Crippen LogP contribution in [0.1, 0.15) is 12.0 Å². The smallest absolute Gasteiger partial charge is 0.317 e. The molecule has 0 aliphatic carbocycles. The summed E-state index contributed by atoms with van der Waals surface area (Å²) in [5, 5.41) is 5.71. The van der Waals surface area contributed by atoms with Gasteiger partial charge in [0.25, 0.3) is 0 Å². The van der Waals surface area contributed by atoms with Gasteiger partial charge in [0, 0.05) is 46.3 Å². The van der Waals surface area contributed by atoms with Gasteiger partial charge >= 0.3 is 6.03 Å². The van der Waals surface area contributed by atoms with Gasteiger partial charge in [-0.15, -0.1) is 0 Å². The number of nitrogens with zero attached hydrogens (tertiary/aromatic N) is 2. The average molecular weight is 388 g/mol. The van der Waals surface area contributed by atoms with Crippen LogP contribution in [0.2, 0.25) is 0 Å². The molecule has 2 fully saturated rings. The summed E-state index contributed by atoms with van der Waals surface area (Å²) in [6, 6.07) is 9.90. The summed E-state index contributed by atoms with van der Waals surface area (Å²) in [6.07, 6.45) is 1.02. The zero-order valence-electron chi connectivity index (χ0n) is 16.2. The first kappa shape index (κ1) is 20.1. The summed E-state index contributed by atoms with van der Waals surface area (Å²) < 4.78 is 4.91. The Labute approximate surface area is 165 Å². The molecule has 2 N–H and O–H groups in total. The number of hydrogen-bond donors (Lipinski definition) is 2. The van der Waals surface area contributed by atoms with E-state index < -0.39 is 0 Å². The molecule has 8 nitrogen and oxygen atoms in total. The van der Waals surface area contributed by atoms with Crippen molar-refractivity contribution in [3.05, 3.63) is 35.9 Å². The third kappa shape index (κ3) is 5.01. The maximum atomic E-state index is 12.3. The fourth-order valence-electron chi connectivity index (χ4n) is 3.57. The minimum Gasteiger partial charge on any atom is -0.383 e. The van der Waals surface area contributed by atoms with Crippen LogP contribution >= 0.6 is 0 Å². The minimum absolute atomic E-state index is 0.00384. The molecule has 2 heterocycles. The van der Waals surface area contributed by atoms with Gasteiger partial charge in [0.15, 0.2) is 0 Å². The lowest BCUT2D eigenvalue weighted by molar-refractivity contribution is -0.132. The number of ether oxygens (including phenoxy) is 1. The topological polar surface area (TPSA) is 91.0 Å². The van der Waals surface area contributed by atoms with Gasteiger partial charge in [-0.1, -0.05) is 30.3 Å². The molecule has 1 unspecified atom stereocenters. The first-order valence-electron chi connectivity index (χ1n) is 9.71. The highest BCUT2D eigenvalue weighted by atomic mass is 16.5. The first-order valence-corrected chi connectivity index (χ1v) is 9.71. The molecule has 3 rings (SSSR count). The second-order valence-electron chi connectivity index (χ2n) is 7.26. The number of amides is 4. The van der Waals surface area contributed by atoms with Crippen molar-refractivity contribution in [2.75, 3.05) is 46.4 Å². The van der Waals surface area contributed by atoms with Crippen LogP contribution in [-0.4, -0.2) is 80.1 Å². The maximum Gasteiger partial charge on any atom is 0.317 e. The van der Waals surface area contributed by atoms with Gasteiger partial charge in [-0.25, -0.2) is 4.79 Å². The zero-order valence-corrected chi connectivity index (χ0v) is 16.2. The molecule has 0 aromatic heterocycles. The van der Waals surface area contributed by atoms with Crippen LogP contribution in [0.4, 0.5) is 4.79 Å². The number of nitrogens with one attached hydrogen (secondary N) is 2. The van der Waals surface area contributed by atoms with Crippen LogP contribution in [0.15, 0.2) is 30.3 Å². The van der Waals surface area contributed by atoms with Gasteiger partial charge < -0.3 is 25.2 Å². The van der Waals surface area contributed by atoms with E-state index in [1.54, 1.807) is 16.9 Å². The number of benzene rings is 1. The summed E-state index contributed by atoms with van der Waals surface area (Å²) >= 11 is 0. The number of likely N-dealkylation sites (tertiary alicyclic amines) is 2. The van der Waals surface area contributed by atoms with E-state index in [9.17, 15) is 14.4 Å². The van der Waals surface area contributed by atoms with Crippen LogP contribution < -0.4 is 10.6 Å². The predicted octanol–water partition coefficient (Wildman–Crippen LogP) is 0.234. The van der Waals surface area contributed by atoms with Crippen molar-refractivity contribution in [3.63, 3.8) is 0 Å². The van der Waals surface area contributed by atoms with E-state index in [1.165, 1.54) is 5.56 Å². The normalized spacial score (nSPS) is 19.5. The fraction of sp³-hybridized carbons (Fsp3) is 0.550. The van der Waals surface area contributed by atoms with Crippen LogP contribution in [-0.2, 0) is 20.7 Å². The third-order valence-electron chi connectivity index (χ3n) is 5.26. The van der Waals surface area contributed by atoms with Crippen molar-refractivity contribution < 1.29 is 19.1 Å². The predicted molar refractivity (Wildman–Crippen MR) is 104 cm³/mol. The molecule has 4 amide bonds. The van der Waals surface area contributed by atoms with Crippen molar-refractivity contribution >= 4 is 17.8 Å². The summed E-state index contributed by atoms with van der Waals surface area (Å²) in [5.41, 5.74) is 1.18. The number of urea groups is 1. The Balaban J connectivity index is 1.36. The molecule has 1 aromatic carbocycles. The van der Waals surface area contributed by atoms with Crippen molar-refractivity contribution in [1.29, 1.82) is 0 Å². The van der Waals surface area contributed by atoms with Gasteiger partial charge in [-0.3, -0.25) is 9.59 Å². The average Bonchev–Trinajstić information content (AvgIpc) is 3.03. The molecule has 28 heavy (non-hydrogen) atoms. The SMILES string of the molecule is COCCNC(=O)C1CC(=O)N(C2CN(C(=O)NCCc3ccccc3)C2)C1. The van der Waals surface area contributed by atoms with Gasteiger partial charge in [-0.2, -0.15) is 0 Å². The van der Waals surface area contributed by atoms with Gasteiger partial charge in [0.05, 0.1) is 18.6 Å². The molecule has 0 saturated carbocycles. The van der Waals surface area contributed by atoms with E-state index in [-0.39, 0.29) is 36.2 Å². The van der Waals surface area contributed by atoms with Crippen molar-refractivity contribution in [2.45, 2.75) is 18.9 Å². The lowest BCUT2D eigenvalue weighted by atomic mass is 10.1. The summed E-state index contributed by atoms with van der Waals surface area (Å²) in [4.78, 5) is 40.0. The molecule has 2 aliphatic rings. The molecule has 2 saturated heterocycles. The highest BCUT2D eigenvalue weighted by Crippen LogP contribution is 2.25.